The van der Waals surface area contributed by atoms with Gasteiger partial charge in [0.15, 0.2) is 0 Å². The molecule has 0 aromatic heterocycles. The van der Waals surface area contributed by atoms with Crippen molar-refractivity contribution in [3.05, 3.63) is 58.9 Å². The van der Waals surface area contributed by atoms with E-state index >= 15 is 0 Å². The Labute approximate surface area is 200 Å². The average molecular weight is 438 g/mol. The highest BCUT2D eigenvalue weighted by Gasteiger charge is 2.36. The van der Waals surface area contributed by atoms with Gasteiger partial charge in [-0.05, 0) is 89.0 Å². The summed E-state index contributed by atoms with van der Waals surface area (Å²) in [4.78, 5) is 5.25. The number of hydrogen-bond acceptors (Lipinski definition) is 1. The van der Waals surface area contributed by atoms with Gasteiger partial charge >= 0.3 is 0 Å². The smallest absolute Gasteiger partial charge is 0.0443 e. The van der Waals surface area contributed by atoms with Crippen molar-refractivity contribution in [2.75, 3.05) is 0 Å². The molecule has 4 atom stereocenters. The fourth-order valence-electron chi connectivity index (χ4n) is 4.90. The predicted octanol–water partition coefficient (Wildman–Crippen LogP) is 9.89. The molecule has 0 aromatic rings. The lowest BCUT2D eigenvalue weighted by Gasteiger charge is -2.40. The van der Waals surface area contributed by atoms with E-state index in [1.54, 1.807) is 0 Å². The van der Waals surface area contributed by atoms with Crippen molar-refractivity contribution in [2.45, 2.75) is 101 Å². The van der Waals surface area contributed by atoms with Crippen LogP contribution in [0.5, 0.6) is 0 Å². The minimum Gasteiger partial charge on any atom is -0.262 e. The number of aliphatic imine (C=N–C) groups is 1. The molecule has 1 nitrogen and oxygen atoms in total. The Kier molecular flexibility index (Phi) is 11.7. The van der Waals surface area contributed by atoms with E-state index < -0.39 is 0 Å². The third kappa shape index (κ3) is 8.38. The van der Waals surface area contributed by atoms with Crippen molar-refractivity contribution in [3.8, 4) is 0 Å². The molecule has 1 rings (SSSR count). The van der Waals surface area contributed by atoms with Gasteiger partial charge in [-0.2, -0.15) is 0 Å². The Bertz CT molecular complexity index is 779. The van der Waals surface area contributed by atoms with E-state index in [0.29, 0.717) is 29.6 Å². The second-order valence-corrected chi connectivity index (χ2v) is 11.0. The van der Waals surface area contributed by atoms with Crippen LogP contribution in [0.4, 0.5) is 0 Å². The number of rotatable bonds is 11. The molecular formula is C31H51N. The van der Waals surface area contributed by atoms with Crippen molar-refractivity contribution in [3.63, 3.8) is 0 Å². The van der Waals surface area contributed by atoms with Gasteiger partial charge in [-0.1, -0.05) is 95.1 Å². The highest BCUT2D eigenvalue weighted by molar-refractivity contribution is 5.85. The number of nitrogens with zero attached hydrogens (tertiary/aromatic N) is 1. The fourth-order valence-corrected chi connectivity index (χ4v) is 4.90. The van der Waals surface area contributed by atoms with Crippen molar-refractivity contribution >= 4 is 5.71 Å². The molecule has 1 aliphatic rings. The van der Waals surface area contributed by atoms with Crippen molar-refractivity contribution in [1.29, 1.82) is 0 Å². The van der Waals surface area contributed by atoms with E-state index in [0.717, 1.165) is 12.8 Å². The predicted molar refractivity (Wildman–Crippen MR) is 146 cm³/mol. The Morgan fingerprint density at radius 3 is 2.12 bits per heavy atom. The first kappa shape index (κ1) is 28.4. The zero-order chi connectivity index (χ0) is 24.6. The summed E-state index contributed by atoms with van der Waals surface area (Å²) in [5.74, 6) is 2.79. The molecule has 1 heteroatoms. The van der Waals surface area contributed by atoms with Crippen LogP contribution in [0.3, 0.4) is 0 Å². The normalized spacial score (nSPS) is 22.1. The van der Waals surface area contributed by atoms with Gasteiger partial charge in [0.05, 0.1) is 0 Å². The Balaban J connectivity index is 3.43. The molecule has 0 aromatic carbocycles. The molecular weight excluding hydrogens is 386 g/mol. The van der Waals surface area contributed by atoms with Gasteiger partial charge in [0.2, 0.25) is 0 Å². The van der Waals surface area contributed by atoms with Gasteiger partial charge in [-0.3, -0.25) is 4.99 Å². The first-order valence-corrected chi connectivity index (χ1v) is 12.8. The van der Waals surface area contributed by atoms with Crippen LogP contribution in [-0.4, -0.2) is 5.71 Å². The molecule has 0 bridgehead atoms. The Morgan fingerprint density at radius 1 is 1.00 bits per heavy atom. The van der Waals surface area contributed by atoms with Crippen LogP contribution < -0.4 is 0 Å². The van der Waals surface area contributed by atoms with E-state index in [1.807, 2.05) is 0 Å². The fraction of sp³-hybridized carbons (Fsp3) is 0.645. The third-order valence-electron chi connectivity index (χ3n) is 7.38. The summed E-state index contributed by atoms with van der Waals surface area (Å²) in [6, 6.07) is 0. The lowest BCUT2D eigenvalue weighted by atomic mass is 9.66. The molecule has 0 saturated carbocycles. The van der Waals surface area contributed by atoms with E-state index in [9.17, 15) is 0 Å². The summed E-state index contributed by atoms with van der Waals surface area (Å²) in [6.45, 7) is 31.5. The second kappa shape index (κ2) is 13.2. The van der Waals surface area contributed by atoms with E-state index in [2.05, 4.69) is 94.5 Å². The number of hydrogen-bond donors (Lipinski definition) is 0. The van der Waals surface area contributed by atoms with Crippen molar-refractivity contribution < 1.29 is 0 Å². The van der Waals surface area contributed by atoms with Crippen LogP contribution in [-0.2, 0) is 0 Å². The maximum atomic E-state index is 5.25. The average Bonchev–Trinajstić information content (AvgIpc) is 2.69. The maximum Gasteiger partial charge on any atom is 0.0443 e. The second-order valence-electron chi connectivity index (χ2n) is 11.0. The Hall–Kier alpha value is -1.63. The zero-order valence-electron chi connectivity index (χ0n) is 22.9. The van der Waals surface area contributed by atoms with Crippen LogP contribution in [0, 0.1) is 29.6 Å². The molecule has 1 aliphatic carbocycles. The molecule has 0 aliphatic heterocycles. The Morgan fingerprint density at radius 2 is 1.62 bits per heavy atom. The SMILES string of the molecule is C=C(C)C1=C(N=C(C)C(C)CCCC)CC(C(=C)/C=C(/C)C=C(C)C)C(C(C)C(C)C)C1. The standard InChI is InChI=1S/C31H51N/c1-13-14-15-24(9)27(12)32-31-19-29(25(10)17-23(8)16-20(2)3)30(26(11)21(4)5)18-28(31)22(6)7/h16-17,21,24,26,29-30H,6,10,13-15,18-19H2,1-5,7-9,11-12H3/b23-17-,32-27?. The topological polar surface area (TPSA) is 12.4 Å². The van der Waals surface area contributed by atoms with Crippen molar-refractivity contribution in [2.24, 2.45) is 34.6 Å². The van der Waals surface area contributed by atoms with Crippen LogP contribution in [0.15, 0.2) is 63.9 Å². The molecule has 0 N–H and O–H groups in total. The zero-order valence-corrected chi connectivity index (χ0v) is 22.9. The minimum atomic E-state index is 0.425. The van der Waals surface area contributed by atoms with Gasteiger partial charge < -0.3 is 0 Å². The molecule has 0 amide bonds. The molecule has 0 saturated heterocycles. The largest absolute Gasteiger partial charge is 0.262 e. The number of allylic oxidation sites excluding steroid dienone is 8. The molecule has 0 heterocycles. The van der Waals surface area contributed by atoms with Crippen molar-refractivity contribution in [1.82, 2.24) is 0 Å². The van der Waals surface area contributed by atoms with Crippen LogP contribution >= 0.6 is 0 Å². The third-order valence-corrected chi connectivity index (χ3v) is 7.38. The summed E-state index contributed by atoms with van der Waals surface area (Å²) >= 11 is 0. The first-order chi connectivity index (χ1) is 14.9. The van der Waals surface area contributed by atoms with Gasteiger partial charge in [-0.25, -0.2) is 0 Å². The summed E-state index contributed by atoms with van der Waals surface area (Å²) < 4.78 is 0. The van der Waals surface area contributed by atoms with Gasteiger partial charge in [-0.15, -0.1) is 0 Å². The first-order valence-electron chi connectivity index (χ1n) is 12.8. The quantitative estimate of drug-likeness (QED) is 0.225. The monoisotopic (exact) mass is 437 g/mol. The van der Waals surface area contributed by atoms with E-state index in [-0.39, 0.29) is 0 Å². The molecule has 0 radical (unpaired) electrons. The molecule has 0 spiro atoms. The lowest BCUT2D eigenvalue weighted by molar-refractivity contribution is 0.203. The summed E-state index contributed by atoms with van der Waals surface area (Å²) in [5.41, 5.74) is 8.96. The molecule has 32 heavy (non-hydrogen) atoms. The maximum absolute atomic E-state index is 5.25. The molecule has 180 valence electrons. The summed E-state index contributed by atoms with van der Waals surface area (Å²) in [7, 11) is 0. The van der Waals surface area contributed by atoms with Gasteiger partial charge in [0.25, 0.3) is 0 Å². The summed E-state index contributed by atoms with van der Waals surface area (Å²) in [5, 5.41) is 0. The van der Waals surface area contributed by atoms with Gasteiger partial charge in [0, 0.05) is 11.4 Å². The molecule has 0 fully saturated rings. The number of unbranched alkanes of at least 4 members (excludes halogenated alkanes) is 1. The van der Waals surface area contributed by atoms with E-state index in [1.165, 1.54) is 58.5 Å². The highest BCUT2D eigenvalue weighted by atomic mass is 14.8. The summed E-state index contributed by atoms with van der Waals surface area (Å²) in [6.07, 6.45) is 10.3. The van der Waals surface area contributed by atoms with Crippen LogP contribution in [0.2, 0.25) is 0 Å². The molecule has 4 unspecified atom stereocenters. The lowest BCUT2D eigenvalue weighted by Crippen LogP contribution is -2.30. The highest BCUT2D eigenvalue weighted by Crippen LogP contribution is 2.46. The van der Waals surface area contributed by atoms with Gasteiger partial charge in [0.1, 0.15) is 0 Å². The minimum absolute atomic E-state index is 0.425. The van der Waals surface area contributed by atoms with Crippen LogP contribution in [0.1, 0.15) is 101 Å². The van der Waals surface area contributed by atoms with E-state index in [4.69, 9.17) is 4.99 Å². The van der Waals surface area contributed by atoms with Crippen LogP contribution in [0.25, 0.3) is 0 Å².